The van der Waals surface area contributed by atoms with E-state index in [1.165, 1.54) is 0 Å². The molecule has 3 rings (SSSR count). The predicted molar refractivity (Wildman–Crippen MR) is 93.6 cm³/mol. The van der Waals surface area contributed by atoms with Crippen molar-refractivity contribution in [3.05, 3.63) is 36.0 Å². The minimum absolute atomic E-state index is 0.195. The minimum atomic E-state index is -0.338. The van der Waals surface area contributed by atoms with E-state index in [0.717, 1.165) is 41.5 Å². The molecule has 0 spiro atoms. The molecule has 0 aliphatic carbocycles. The Balaban J connectivity index is 1.83. The number of hydrogen-bond acceptors (Lipinski definition) is 3. The average Bonchev–Trinajstić information content (AvgIpc) is 2.61. The Morgan fingerprint density at radius 2 is 2.17 bits per heavy atom. The van der Waals surface area contributed by atoms with Gasteiger partial charge in [-0.3, -0.25) is 9.78 Å². The molecular weight excluding hydrogens is 304 g/mol. The van der Waals surface area contributed by atoms with Crippen LogP contribution >= 0.6 is 0 Å². The van der Waals surface area contributed by atoms with Crippen molar-refractivity contribution >= 4 is 28.5 Å². The lowest BCUT2D eigenvalue weighted by Crippen LogP contribution is -2.45. The molecule has 24 heavy (non-hydrogen) atoms. The van der Waals surface area contributed by atoms with Gasteiger partial charge in [-0.25, -0.2) is 4.79 Å². The number of likely N-dealkylation sites (tertiary alicyclic amines) is 1. The fraction of sp³-hybridized carbons (Fsp3) is 0.389. The van der Waals surface area contributed by atoms with E-state index < -0.39 is 0 Å². The topological polar surface area (TPSA) is 88.3 Å². The van der Waals surface area contributed by atoms with Crippen LogP contribution in [0.5, 0.6) is 0 Å². The number of hydrogen-bond donors (Lipinski definition) is 2. The number of para-hydroxylation sites is 1. The summed E-state index contributed by atoms with van der Waals surface area (Å²) in [5.74, 6) is -0.597. The van der Waals surface area contributed by atoms with Crippen LogP contribution in [0.4, 0.5) is 10.5 Å². The highest BCUT2D eigenvalue weighted by molar-refractivity contribution is 6.00. The maximum absolute atomic E-state index is 12.6. The molecule has 2 aromatic rings. The maximum Gasteiger partial charge on any atom is 0.321 e. The maximum atomic E-state index is 12.6. The predicted octanol–water partition coefficient (Wildman–Crippen LogP) is 2.53. The lowest BCUT2D eigenvalue weighted by molar-refractivity contribution is -0.123. The molecule has 1 atom stereocenters. The molecule has 3 N–H and O–H groups in total. The first kappa shape index (κ1) is 16.2. The molecule has 1 fully saturated rings. The van der Waals surface area contributed by atoms with Gasteiger partial charge in [-0.1, -0.05) is 25.1 Å². The van der Waals surface area contributed by atoms with Crippen molar-refractivity contribution in [2.75, 3.05) is 18.4 Å². The molecule has 1 saturated heterocycles. The summed E-state index contributed by atoms with van der Waals surface area (Å²) in [5, 5.41) is 3.89. The molecule has 1 unspecified atom stereocenters. The number of piperidine rings is 1. The standard InChI is InChI=1S/C18H22N4O2/c1-2-13-10-16(14-7-3-4-8-15(14)20-13)21-18(24)22-9-5-6-12(11-22)17(19)23/h3-4,7-8,10,12H,2,5-6,9,11H2,1H3,(H2,19,23)(H,20,21,24). The van der Waals surface area contributed by atoms with Crippen molar-refractivity contribution in [2.45, 2.75) is 26.2 Å². The number of nitrogens with zero attached hydrogens (tertiary/aromatic N) is 2. The van der Waals surface area contributed by atoms with Crippen LogP contribution in [-0.2, 0) is 11.2 Å². The average molecular weight is 326 g/mol. The van der Waals surface area contributed by atoms with Crippen LogP contribution in [0.2, 0.25) is 0 Å². The number of urea groups is 1. The van der Waals surface area contributed by atoms with Gasteiger partial charge in [0.1, 0.15) is 0 Å². The molecule has 0 saturated carbocycles. The van der Waals surface area contributed by atoms with Gasteiger partial charge in [0.2, 0.25) is 5.91 Å². The van der Waals surface area contributed by atoms with Crippen LogP contribution in [0, 0.1) is 5.92 Å². The van der Waals surface area contributed by atoms with E-state index in [-0.39, 0.29) is 17.9 Å². The summed E-state index contributed by atoms with van der Waals surface area (Å²) in [6.07, 6.45) is 2.33. The number of primary amides is 1. The van der Waals surface area contributed by atoms with Crippen LogP contribution in [0.3, 0.4) is 0 Å². The number of pyridine rings is 1. The molecule has 1 aromatic heterocycles. The lowest BCUT2D eigenvalue weighted by atomic mass is 9.98. The Labute approximate surface area is 141 Å². The van der Waals surface area contributed by atoms with E-state index in [1.807, 2.05) is 37.3 Å². The fourth-order valence-corrected chi connectivity index (χ4v) is 3.10. The van der Waals surface area contributed by atoms with Gasteiger partial charge < -0.3 is 16.0 Å². The minimum Gasteiger partial charge on any atom is -0.369 e. The molecule has 6 heteroatoms. The van der Waals surface area contributed by atoms with Crippen LogP contribution in [0.25, 0.3) is 10.9 Å². The molecule has 0 bridgehead atoms. The third-order valence-corrected chi connectivity index (χ3v) is 4.48. The summed E-state index contributed by atoms with van der Waals surface area (Å²) in [6.45, 7) is 3.05. The van der Waals surface area contributed by atoms with Crippen molar-refractivity contribution < 1.29 is 9.59 Å². The van der Waals surface area contributed by atoms with E-state index in [0.29, 0.717) is 13.1 Å². The number of carbonyl (C=O) groups excluding carboxylic acids is 2. The number of aryl methyl sites for hydroxylation is 1. The first-order chi connectivity index (χ1) is 11.6. The number of anilines is 1. The number of fused-ring (bicyclic) bond motifs is 1. The van der Waals surface area contributed by atoms with E-state index in [9.17, 15) is 9.59 Å². The Hall–Kier alpha value is -2.63. The van der Waals surface area contributed by atoms with Gasteiger partial charge in [-0.15, -0.1) is 0 Å². The van der Waals surface area contributed by atoms with Crippen molar-refractivity contribution in [1.29, 1.82) is 0 Å². The molecule has 126 valence electrons. The number of nitrogens with two attached hydrogens (primary N) is 1. The van der Waals surface area contributed by atoms with Crippen LogP contribution in [0.15, 0.2) is 30.3 Å². The van der Waals surface area contributed by atoms with Gasteiger partial charge >= 0.3 is 6.03 Å². The summed E-state index contributed by atoms with van der Waals surface area (Å²) < 4.78 is 0. The fourth-order valence-electron chi connectivity index (χ4n) is 3.10. The smallest absolute Gasteiger partial charge is 0.321 e. The molecule has 3 amide bonds. The summed E-state index contributed by atoms with van der Waals surface area (Å²) in [7, 11) is 0. The largest absolute Gasteiger partial charge is 0.369 e. The van der Waals surface area contributed by atoms with Gasteiger partial charge in [0.25, 0.3) is 0 Å². The number of amides is 3. The highest BCUT2D eigenvalue weighted by Crippen LogP contribution is 2.24. The Morgan fingerprint density at radius 1 is 1.38 bits per heavy atom. The van der Waals surface area contributed by atoms with Crippen LogP contribution < -0.4 is 11.1 Å². The highest BCUT2D eigenvalue weighted by Gasteiger charge is 2.27. The van der Waals surface area contributed by atoms with Crippen molar-refractivity contribution in [3.63, 3.8) is 0 Å². The molecule has 6 nitrogen and oxygen atoms in total. The lowest BCUT2D eigenvalue weighted by Gasteiger charge is -2.31. The third-order valence-electron chi connectivity index (χ3n) is 4.48. The zero-order valence-corrected chi connectivity index (χ0v) is 13.8. The number of rotatable bonds is 3. The first-order valence-corrected chi connectivity index (χ1v) is 8.32. The van der Waals surface area contributed by atoms with Crippen molar-refractivity contribution in [3.8, 4) is 0 Å². The van der Waals surface area contributed by atoms with Gasteiger partial charge in [-0.05, 0) is 31.4 Å². The van der Waals surface area contributed by atoms with Crippen molar-refractivity contribution in [2.24, 2.45) is 11.7 Å². The van der Waals surface area contributed by atoms with Crippen LogP contribution in [-0.4, -0.2) is 34.9 Å². The molecular formula is C18H22N4O2. The second kappa shape index (κ2) is 6.86. The molecule has 2 heterocycles. The summed E-state index contributed by atoms with van der Waals surface area (Å²) in [4.78, 5) is 30.3. The number of benzene rings is 1. The van der Waals surface area contributed by atoms with Gasteiger partial charge in [0.05, 0.1) is 17.1 Å². The summed E-state index contributed by atoms with van der Waals surface area (Å²) in [5.41, 5.74) is 7.93. The van der Waals surface area contributed by atoms with Crippen molar-refractivity contribution in [1.82, 2.24) is 9.88 Å². The highest BCUT2D eigenvalue weighted by atomic mass is 16.2. The number of aromatic nitrogens is 1. The number of carbonyl (C=O) groups is 2. The monoisotopic (exact) mass is 326 g/mol. The van der Waals surface area contributed by atoms with E-state index in [1.54, 1.807) is 4.90 Å². The second-order valence-corrected chi connectivity index (χ2v) is 6.15. The Kier molecular flexibility index (Phi) is 4.64. The molecule has 1 aromatic carbocycles. The quantitative estimate of drug-likeness (QED) is 0.908. The summed E-state index contributed by atoms with van der Waals surface area (Å²) >= 11 is 0. The summed E-state index contributed by atoms with van der Waals surface area (Å²) in [6, 6.07) is 9.46. The second-order valence-electron chi connectivity index (χ2n) is 6.15. The Morgan fingerprint density at radius 3 is 2.92 bits per heavy atom. The van der Waals surface area contributed by atoms with Gasteiger partial charge in [0.15, 0.2) is 0 Å². The molecule has 1 aliphatic heterocycles. The first-order valence-electron chi connectivity index (χ1n) is 8.32. The number of nitrogens with one attached hydrogen (secondary N) is 1. The van der Waals surface area contributed by atoms with E-state index >= 15 is 0 Å². The van der Waals surface area contributed by atoms with Gasteiger partial charge in [-0.2, -0.15) is 0 Å². The zero-order chi connectivity index (χ0) is 17.1. The van der Waals surface area contributed by atoms with E-state index in [4.69, 9.17) is 5.73 Å². The molecule has 0 radical (unpaired) electrons. The SMILES string of the molecule is CCc1cc(NC(=O)N2CCCC(C(N)=O)C2)c2ccccc2n1. The normalized spacial score (nSPS) is 17.7. The Bertz CT molecular complexity index is 775. The zero-order valence-electron chi connectivity index (χ0n) is 13.8. The van der Waals surface area contributed by atoms with Crippen LogP contribution in [0.1, 0.15) is 25.5 Å². The third kappa shape index (κ3) is 3.32. The molecule has 1 aliphatic rings. The van der Waals surface area contributed by atoms with E-state index in [2.05, 4.69) is 10.3 Å². The van der Waals surface area contributed by atoms with Gasteiger partial charge in [0, 0.05) is 24.2 Å².